The Morgan fingerprint density at radius 2 is 1.85 bits per heavy atom. The Kier molecular flexibility index (Phi) is 4.26. The molecule has 2 rings (SSSR count). The first-order valence-corrected chi connectivity index (χ1v) is 7.30. The molecule has 0 saturated heterocycles. The van der Waals surface area contributed by atoms with Gasteiger partial charge in [-0.15, -0.1) is 0 Å². The first kappa shape index (κ1) is 14.8. The van der Waals surface area contributed by atoms with Crippen LogP contribution in [0.25, 0.3) is 0 Å². The number of benzene rings is 1. The van der Waals surface area contributed by atoms with Gasteiger partial charge in [0.25, 0.3) is 0 Å². The van der Waals surface area contributed by atoms with Crippen LogP contribution in [-0.4, -0.2) is 29.7 Å². The third-order valence-corrected chi connectivity index (χ3v) is 4.55. The molecular weight excluding hydrogens is 250 g/mol. The van der Waals surface area contributed by atoms with Gasteiger partial charge in [0.05, 0.1) is 6.04 Å². The number of ketones is 1. The summed E-state index contributed by atoms with van der Waals surface area (Å²) in [6.07, 6.45) is 3.06. The SMILES string of the molecule is Cc1ccc(C(=O)C(C)N(C)C(=O)C2CCC2)cc1C. The van der Waals surface area contributed by atoms with E-state index in [9.17, 15) is 9.59 Å². The second-order valence-corrected chi connectivity index (χ2v) is 5.92. The number of likely N-dealkylation sites (N-methyl/N-ethyl adjacent to an activating group) is 1. The Bertz CT molecular complexity index is 532. The van der Waals surface area contributed by atoms with Crippen LogP contribution >= 0.6 is 0 Å². The zero-order valence-electron chi connectivity index (χ0n) is 12.8. The molecule has 0 radical (unpaired) electrons. The number of hydrogen-bond donors (Lipinski definition) is 0. The van der Waals surface area contributed by atoms with Crippen LogP contribution in [0.4, 0.5) is 0 Å². The number of carbonyl (C=O) groups excluding carboxylic acids is 2. The molecule has 1 aromatic rings. The van der Waals surface area contributed by atoms with Gasteiger partial charge in [0.1, 0.15) is 0 Å². The van der Waals surface area contributed by atoms with E-state index in [-0.39, 0.29) is 17.6 Å². The van der Waals surface area contributed by atoms with Gasteiger partial charge < -0.3 is 4.90 Å². The second-order valence-electron chi connectivity index (χ2n) is 5.92. The highest BCUT2D eigenvalue weighted by atomic mass is 16.2. The molecule has 0 aromatic heterocycles. The summed E-state index contributed by atoms with van der Waals surface area (Å²) < 4.78 is 0. The van der Waals surface area contributed by atoms with E-state index < -0.39 is 6.04 Å². The number of carbonyl (C=O) groups is 2. The minimum absolute atomic E-state index is 0.0169. The zero-order chi connectivity index (χ0) is 14.9. The van der Waals surface area contributed by atoms with E-state index in [1.165, 1.54) is 5.56 Å². The first-order chi connectivity index (χ1) is 9.41. The van der Waals surface area contributed by atoms with Crippen molar-refractivity contribution in [3.8, 4) is 0 Å². The van der Waals surface area contributed by atoms with Crippen LogP contribution in [0, 0.1) is 19.8 Å². The van der Waals surface area contributed by atoms with Crippen LogP contribution in [-0.2, 0) is 4.79 Å². The molecule has 0 bridgehead atoms. The fourth-order valence-electron chi connectivity index (χ4n) is 2.45. The van der Waals surface area contributed by atoms with Crippen molar-refractivity contribution in [1.29, 1.82) is 0 Å². The van der Waals surface area contributed by atoms with Gasteiger partial charge in [-0.2, -0.15) is 0 Å². The van der Waals surface area contributed by atoms with Gasteiger partial charge in [-0.25, -0.2) is 0 Å². The minimum Gasteiger partial charge on any atom is -0.335 e. The highest BCUT2D eigenvalue weighted by Gasteiger charge is 2.32. The Labute approximate surface area is 121 Å². The topological polar surface area (TPSA) is 37.4 Å². The third kappa shape index (κ3) is 2.77. The van der Waals surface area contributed by atoms with Crippen molar-refractivity contribution in [1.82, 2.24) is 4.90 Å². The van der Waals surface area contributed by atoms with E-state index in [0.717, 1.165) is 24.8 Å². The molecule has 3 heteroatoms. The molecule has 20 heavy (non-hydrogen) atoms. The summed E-state index contributed by atoms with van der Waals surface area (Å²) in [5, 5.41) is 0. The summed E-state index contributed by atoms with van der Waals surface area (Å²) >= 11 is 0. The molecule has 3 nitrogen and oxygen atoms in total. The number of aryl methyl sites for hydroxylation is 2. The van der Waals surface area contributed by atoms with Crippen molar-refractivity contribution in [2.75, 3.05) is 7.05 Å². The standard InChI is InChI=1S/C17H23NO2/c1-11-8-9-15(10-12(11)2)16(19)13(3)18(4)17(20)14-6-5-7-14/h8-10,13-14H,5-7H2,1-4H3. The van der Waals surface area contributed by atoms with E-state index >= 15 is 0 Å². The first-order valence-electron chi connectivity index (χ1n) is 7.30. The van der Waals surface area contributed by atoms with Gasteiger partial charge in [0.15, 0.2) is 5.78 Å². The summed E-state index contributed by atoms with van der Waals surface area (Å²) in [6, 6.07) is 5.33. The predicted octanol–water partition coefficient (Wildman–Crippen LogP) is 3.13. The number of nitrogens with zero attached hydrogens (tertiary/aromatic N) is 1. The van der Waals surface area contributed by atoms with Crippen molar-refractivity contribution < 1.29 is 9.59 Å². The molecule has 1 aliphatic rings. The molecule has 1 aromatic carbocycles. The van der Waals surface area contributed by atoms with Crippen molar-refractivity contribution in [2.24, 2.45) is 5.92 Å². The molecule has 0 heterocycles. The molecular formula is C17H23NO2. The molecule has 0 spiro atoms. The van der Waals surface area contributed by atoms with E-state index in [1.54, 1.807) is 11.9 Å². The lowest BCUT2D eigenvalue weighted by Gasteiger charge is -2.32. The maximum absolute atomic E-state index is 12.5. The molecule has 1 amide bonds. The molecule has 0 N–H and O–H groups in total. The van der Waals surface area contributed by atoms with Gasteiger partial charge >= 0.3 is 0 Å². The molecule has 1 saturated carbocycles. The zero-order valence-corrected chi connectivity index (χ0v) is 12.8. The Hall–Kier alpha value is -1.64. The molecule has 1 aliphatic carbocycles. The monoisotopic (exact) mass is 273 g/mol. The molecule has 1 atom stereocenters. The summed E-state index contributed by atoms with van der Waals surface area (Å²) in [7, 11) is 1.74. The van der Waals surface area contributed by atoms with Crippen molar-refractivity contribution in [3.05, 3.63) is 34.9 Å². The Balaban J connectivity index is 2.10. The molecule has 108 valence electrons. The van der Waals surface area contributed by atoms with E-state index in [2.05, 4.69) is 0 Å². The summed E-state index contributed by atoms with van der Waals surface area (Å²) in [5.74, 6) is 0.263. The normalized spacial score (nSPS) is 16.4. The lowest BCUT2D eigenvalue weighted by atomic mass is 9.84. The van der Waals surface area contributed by atoms with Crippen molar-refractivity contribution in [3.63, 3.8) is 0 Å². The summed E-state index contributed by atoms with van der Waals surface area (Å²) in [4.78, 5) is 26.3. The van der Waals surface area contributed by atoms with Crippen LogP contribution in [0.15, 0.2) is 18.2 Å². The van der Waals surface area contributed by atoms with Gasteiger partial charge in [-0.05, 0) is 50.8 Å². The van der Waals surface area contributed by atoms with Gasteiger partial charge in [0, 0.05) is 18.5 Å². The van der Waals surface area contributed by atoms with Gasteiger partial charge in [-0.3, -0.25) is 9.59 Å². The highest BCUT2D eigenvalue weighted by molar-refractivity contribution is 6.02. The fraction of sp³-hybridized carbons (Fsp3) is 0.529. The summed E-state index contributed by atoms with van der Waals surface area (Å²) in [5.41, 5.74) is 2.97. The van der Waals surface area contributed by atoms with Gasteiger partial charge in [-0.1, -0.05) is 18.6 Å². The maximum atomic E-state index is 12.5. The van der Waals surface area contributed by atoms with Crippen LogP contribution in [0.2, 0.25) is 0 Å². The maximum Gasteiger partial charge on any atom is 0.226 e. The van der Waals surface area contributed by atoms with Crippen molar-refractivity contribution in [2.45, 2.75) is 46.1 Å². The average molecular weight is 273 g/mol. The van der Waals surface area contributed by atoms with E-state index in [4.69, 9.17) is 0 Å². The second kappa shape index (κ2) is 5.78. The minimum atomic E-state index is -0.398. The summed E-state index contributed by atoms with van der Waals surface area (Å²) in [6.45, 7) is 5.84. The number of rotatable bonds is 4. The molecule has 1 unspecified atom stereocenters. The number of Topliss-reactive ketones (excluding diaryl/α,β-unsaturated/α-hetero) is 1. The lowest BCUT2D eigenvalue weighted by molar-refractivity contribution is -0.137. The smallest absolute Gasteiger partial charge is 0.226 e. The fourth-order valence-corrected chi connectivity index (χ4v) is 2.45. The van der Waals surface area contributed by atoms with Crippen LogP contribution in [0.1, 0.15) is 47.7 Å². The Morgan fingerprint density at radius 1 is 1.20 bits per heavy atom. The van der Waals surface area contributed by atoms with E-state index in [1.807, 2.05) is 39.0 Å². The number of hydrogen-bond acceptors (Lipinski definition) is 2. The lowest BCUT2D eigenvalue weighted by Crippen LogP contribution is -2.44. The van der Waals surface area contributed by atoms with Crippen LogP contribution in [0.5, 0.6) is 0 Å². The third-order valence-electron chi connectivity index (χ3n) is 4.55. The molecule has 0 aliphatic heterocycles. The van der Waals surface area contributed by atoms with E-state index in [0.29, 0.717) is 5.56 Å². The van der Waals surface area contributed by atoms with Crippen LogP contribution < -0.4 is 0 Å². The quantitative estimate of drug-likeness (QED) is 0.790. The van der Waals surface area contributed by atoms with Crippen molar-refractivity contribution >= 4 is 11.7 Å². The van der Waals surface area contributed by atoms with Crippen LogP contribution in [0.3, 0.4) is 0 Å². The predicted molar refractivity (Wildman–Crippen MR) is 79.8 cm³/mol. The number of amides is 1. The highest BCUT2D eigenvalue weighted by Crippen LogP contribution is 2.28. The molecule has 1 fully saturated rings. The Morgan fingerprint density at radius 3 is 2.35 bits per heavy atom. The van der Waals surface area contributed by atoms with Gasteiger partial charge in [0.2, 0.25) is 5.91 Å². The average Bonchev–Trinajstić information content (AvgIpc) is 2.37. The largest absolute Gasteiger partial charge is 0.335 e.